The van der Waals surface area contributed by atoms with Crippen LogP contribution in [0.25, 0.3) is 5.70 Å². The lowest BCUT2D eigenvalue weighted by atomic mass is 9.94. The summed E-state index contributed by atoms with van der Waals surface area (Å²) in [6, 6.07) is 9.00. The minimum absolute atomic E-state index is 0.0281. The van der Waals surface area contributed by atoms with Crippen LogP contribution in [0.4, 0.5) is 4.79 Å². The number of nitrogens with one attached hydrogen (secondary N) is 1. The Labute approximate surface area is 212 Å². The van der Waals surface area contributed by atoms with Gasteiger partial charge in [0, 0.05) is 29.9 Å². The van der Waals surface area contributed by atoms with Crippen molar-refractivity contribution in [3.8, 4) is 23.5 Å². The molecule has 2 N–H and O–H groups in total. The first-order valence-electron chi connectivity index (χ1n) is 11.9. The first-order chi connectivity index (χ1) is 18.0. The number of hydrogen-bond acceptors (Lipinski definition) is 9. The highest BCUT2D eigenvalue weighted by Crippen LogP contribution is 2.33. The Balaban J connectivity index is 1.14. The fraction of sp³-hybridized carbons (Fsp3) is 0.308. The van der Waals surface area contributed by atoms with Crippen molar-refractivity contribution in [3.05, 3.63) is 59.3 Å². The number of amides is 3. The van der Waals surface area contributed by atoms with Crippen LogP contribution in [0.1, 0.15) is 16.7 Å². The first-order valence-corrected chi connectivity index (χ1v) is 11.9. The number of carbonyl (C=O) groups excluding carboxylic acids is 2. The van der Waals surface area contributed by atoms with Crippen LogP contribution in [-0.2, 0) is 16.0 Å². The van der Waals surface area contributed by atoms with Gasteiger partial charge in [-0.3, -0.25) is 10.1 Å². The normalized spacial score (nSPS) is 21.6. The minimum atomic E-state index is -1.05. The zero-order valence-electron chi connectivity index (χ0n) is 19.7. The molecule has 3 amide bonds. The van der Waals surface area contributed by atoms with Crippen LogP contribution >= 0.6 is 0 Å². The number of ether oxygens (including phenoxy) is 3. The maximum Gasteiger partial charge on any atom is 0.325 e. The maximum atomic E-state index is 11.7. The summed E-state index contributed by atoms with van der Waals surface area (Å²) in [5.74, 6) is 7.05. The van der Waals surface area contributed by atoms with Crippen molar-refractivity contribution in [2.24, 2.45) is 4.99 Å². The summed E-state index contributed by atoms with van der Waals surface area (Å²) in [7, 11) is 0. The SMILES string of the molecule is O=C1CN(CC#Cc2ccc3c(c2)CCN2C3=CC(OCC3COc4ncccc4O3)=NC2O)C(=O)N1. The van der Waals surface area contributed by atoms with Crippen LogP contribution in [0.2, 0.25) is 0 Å². The van der Waals surface area contributed by atoms with E-state index < -0.39 is 12.4 Å². The zero-order chi connectivity index (χ0) is 25.4. The minimum Gasteiger partial charge on any atom is -0.478 e. The molecule has 37 heavy (non-hydrogen) atoms. The van der Waals surface area contributed by atoms with Gasteiger partial charge in [0.25, 0.3) is 5.88 Å². The lowest BCUT2D eigenvalue weighted by Gasteiger charge is -2.37. The van der Waals surface area contributed by atoms with Crippen molar-refractivity contribution in [2.45, 2.75) is 18.9 Å². The Morgan fingerprint density at radius 3 is 3.05 bits per heavy atom. The standard InChI is InChI=1S/C26H23N5O6/c32-22-13-30(25(33)28-22)9-2-3-16-5-6-19-17(11-16)7-10-31-20(19)12-23(29-26(31)34)35-14-18-15-36-24-21(37-18)4-1-8-27-24/h1,4-6,8,11-12,18,26,34H,7,9-10,13-15H2,(H,28,32,33). The molecule has 188 valence electrons. The van der Waals surface area contributed by atoms with E-state index in [1.165, 1.54) is 4.90 Å². The predicted octanol–water partition coefficient (Wildman–Crippen LogP) is 0.728. The van der Waals surface area contributed by atoms with Crippen LogP contribution in [0.5, 0.6) is 11.6 Å². The molecular weight excluding hydrogens is 478 g/mol. The van der Waals surface area contributed by atoms with Crippen LogP contribution in [-0.4, -0.2) is 83.0 Å². The van der Waals surface area contributed by atoms with Crippen molar-refractivity contribution < 1.29 is 28.9 Å². The van der Waals surface area contributed by atoms with Crippen LogP contribution in [0.3, 0.4) is 0 Å². The lowest BCUT2D eigenvalue weighted by molar-refractivity contribution is -0.118. The molecule has 1 aromatic carbocycles. The third-order valence-corrected chi connectivity index (χ3v) is 6.32. The Kier molecular flexibility index (Phi) is 5.86. The molecule has 0 bridgehead atoms. The van der Waals surface area contributed by atoms with Gasteiger partial charge in [-0.2, -0.15) is 4.99 Å². The molecule has 5 heterocycles. The Hall–Kier alpha value is -4.56. The number of pyridine rings is 1. The number of hydrogen-bond donors (Lipinski definition) is 2. The van der Waals surface area contributed by atoms with Gasteiger partial charge in [-0.1, -0.05) is 17.9 Å². The zero-order valence-corrected chi connectivity index (χ0v) is 19.7. The van der Waals surface area contributed by atoms with E-state index >= 15 is 0 Å². The van der Waals surface area contributed by atoms with E-state index in [1.54, 1.807) is 18.3 Å². The molecule has 1 fully saturated rings. The van der Waals surface area contributed by atoms with Gasteiger partial charge >= 0.3 is 6.03 Å². The summed E-state index contributed by atoms with van der Waals surface area (Å²) < 4.78 is 17.4. The molecular formula is C26H23N5O6. The highest BCUT2D eigenvalue weighted by Gasteiger charge is 2.31. The average molecular weight is 501 g/mol. The van der Waals surface area contributed by atoms with Crippen molar-refractivity contribution >= 4 is 23.5 Å². The number of fused-ring (bicyclic) bond motifs is 4. The number of nitrogens with zero attached hydrogens (tertiary/aromatic N) is 4. The molecule has 4 aliphatic heterocycles. The number of aliphatic hydroxyl groups excluding tert-OH is 1. The summed E-state index contributed by atoms with van der Waals surface area (Å²) in [6.07, 6.45) is 2.79. The largest absolute Gasteiger partial charge is 0.478 e. The van der Waals surface area contributed by atoms with Crippen molar-refractivity contribution in [2.75, 3.05) is 32.8 Å². The van der Waals surface area contributed by atoms with Gasteiger partial charge in [-0.15, -0.1) is 0 Å². The third kappa shape index (κ3) is 4.66. The summed E-state index contributed by atoms with van der Waals surface area (Å²) in [5.41, 5.74) is 3.68. The Bertz CT molecular complexity index is 1390. The lowest BCUT2D eigenvalue weighted by Crippen LogP contribution is -2.41. The Morgan fingerprint density at radius 2 is 2.19 bits per heavy atom. The highest BCUT2D eigenvalue weighted by atomic mass is 16.6. The van der Waals surface area contributed by atoms with Gasteiger partial charge < -0.3 is 29.1 Å². The number of aromatic nitrogens is 1. The van der Waals surface area contributed by atoms with Crippen molar-refractivity contribution in [3.63, 3.8) is 0 Å². The van der Waals surface area contributed by atoms with Gasteiger partial charge in [0.05, 0.1) is 12.2 Å². The number of benzene rings is 1. The number of carbonyl (C=O) groups is 2. The fourth-order valence-corrected chi connectivity index (χ4v) is 4.53. The van der Waals surface area contributed by atoms with Crippen molar-refractivity contribution in [1.29, 1.82) is 0 Å². The second-order valence-electron chi connectivity index (χ2n) is 8.84. The van der Waals surface area contributed by atoms with Gasteiger partial charge in [-0.05, 0) is 36.2 Å². The smallest absolute Gasteiger partial charge is 0.325 e. The maximum absolute atomic E-state index is 11.7. The summed E-state index contributed by atoms with van der Waals surface area (Å²) in [5, 5.41) is 12.9. The molecule has 4 aliphatic rings. The molecule has 0 saturated carbocycles. The van der Waals surface area contributed by atoms with E-state index in [1.807, 2.05) is 29.2 Å². The van der Waals surface area contributed by atoms with E-state index in [2.05, 4.69) is 27.1 Å². The van der Waals surface area contributed by atoms with E-state index in [0.29, 0.717) is 37.1 Å². The molecule has 1 saturated heterocycles. The Morgan fingerprint density at radius 1 is 1.27 bits per heavy atom. The molecule has 0 aliphatic carbocycles. The topological polar surface area (TPSA) is 126 Å². The van der Waals surface area contributed by atoms with E-state index in [4.69, 9.17) is 14.2 Å². The highest BCUT2D eigenvalue weighted by molar-refractivity contribution is 6.02. The van der Waals surface area contributed by atoms with Gasteiger partial charge in [0.1, 0.15) is 19.8 Å². The molecule has 0 radical (unpaired) electrons. The monoisotopic (exact) mass is 501 g/mol. The van der Waals surface area contributed by atoms with E-state index in [-0.39, 0.29) is 31.7 Å². The quantitative estimate of drug-likeness (QED) is 0.466. The average Bonchev–Trinajstić information content (AvgIpc) is 3.23. The van der Waals surface area contributed by atoms with E-state index in [9.17, 15) is 14.7 Å². The van der Waals surface area contributed by atoms with Gasteiger partial charge in [0.15, 0.2) is 11.9 Å². The molecule has 0 spiro atoms. The molecule has 11 nitrogen and oxygen atoms in total. The van der Waals surface area contributed by atoms with E-state index in [0.717, 1.165) is 22.4 Å². The third-order valence-electron chi connectivity index (χ3n) is 6.32. The number of urea groups is 1. The van der Waals surface area contributed by atoms with Crippen LogP contribution in [0.15, 0.2) is 47.6 Å². The number of imide groups is 1. The number of rotatable bonds is 3. The molecule has 6 rings (SSSR count). The number of aliphatic hydroxyl groups is 1. The summed E-state index contributed by atoms with van der Waals surface area (Å²) in [6.45, 7) is 1.29. The fourth-order valence-electron chi connectivity index (χ4n) is 4.53. The molecule has 2 atom stereocenters. The molecule has 1 aromatic heterocycles. The molecule has 2 unspecified atom stereocenters. The van der Waals surface area contributed by atoms with Crippen LogP contribution < -0.4 is 14.8 Å². The van der Waals surface area contributed by atoms with Crippen molar-refractivity contribution in [1.82, 2.24) is 20.1 Å². The molecule has 11 heteroatoms. The second-order valence-corrected chi connectivity index (χ2v) is 8.84. The van der Waals surface area contributed by atoms with Gasteiger partial charge in [-0.25, -0.2) is 9.78 Å². The summed E-state index contributed by atoms with van der Waals surface area (Å²) >= 11 is 0. The first kappa shape index (κ1) is 22.9. The van der Waals surface area contributed by atoms with Crippen LogP contribution in [0, 0.1) is 11.8 Å². The number of aliphatic imine (C=N–C) groups is 1. The summed E-state index contributed by atoms with van der Waals surface area (Å²) in [4.78, 5) is 34.6. The second kappa shape index (κ2) is 9.48. The predicted molar refractivity (Wildman–Crippen MR) is 130 cm³/mol. The molecule has 2 aromatic rings. The van der Waals surface area contributed by atoms with Gasteiger partial charge in [0.2, 0.25) is 18.2 Å².